The van der Waals surface area contributed by atoms with Crippen LogP contribution in [0.15, 0.2) is 11.3 Å². The first-order valence-electron chi connectivity index (χ1n) is 9.01. The maximum Gasteiger partial charge on any atom is 0.337 e. The zero-order chi connectivity index (χ0) is 22.3. The van der Waals surface area contributed by atoms with Crippen LogP contribution in [-0.4, -0.2) is 68.1 Å². The van der Waals surface area contributed by atoms with E-state index >= 15 is 0 Å². The van der Waals surface area contributed by atoms with Crippen molar-refractivity contribution in [2.45, 2.75) is 19.4 Å². The first kappa shape index (κ1) is 22.7. The third-order valence-electron chi connectivity index (χ3n) is 6.37. The smallest absolute Gasteiger partial charge is 0.337 e. The van der Waals surface area contributed by atoms with Gasteiger partial charge < -0.3 is 29.2 Å². The third kappa shape index (κ3) is 3.06. The number of aliphatic hydroxyl groups excluding tert-OH is 1. The molecule has 0 radical (unpaired) electrons. The monoisotopic (exact) mass is 414 g/mol. The van der Waals surface area contributed by atoms with Crippen LogP contribution < -0.4 is 0 Å². The molecule has 0 spiro atoms. The molecule has 2 aliphatic rings. The minimum absolute atomic E-state index is 0.328. The number of ether oxygens (including phenoxy) is 4. The molecule has 1 saturated carbocycles. The molecule has 0 aromatic carbocycles. The van der Waals surface area contributed by atoms with E-state index in [0.717, 1.165) is 28.4 Å². The van der Waals surface area contributed by atoms with Crippen LogP contribution in [0.2, 0.25) is 0 Å². The number of fused-ring (bicyclic) bond motifs is 2. The number of rotatable bonds is 4. The maximum absolute atomic E-state index is 12.8. The van der Waals surface area contributed by atoms with Crippen LogP contribution in [-0.2, 0) is 38.1 Å². The summed E-state index contributed by atoms with van der Waals surface area (Å²) >= 11 is 0. The molecular formula is C19H26O10. The standard InChI is InChI=1S/C19H26O10/c1-7-8(2)11(16(22)27-4)19(25)12(17(23)28-5)9(7)10(15(21)26-3)14(20)13(19)18(24)29-6/h7-9,11-13,20,25H,1-6H3/t7-,8+,9+,11-,12+,13-,19+/m1/s1. The lowest BCUT2D eigenvalue weighted by molar-refractivity contribution is -0.219. The highest BCUT2D eigenvalue weighted by Crippen LogP contribution is 2.59. The Labute approximate surface area is 167 Å². The van der Waals surface area contributed by atoms with Gasteiger partial charge in [-0.3, -0.25) is 14.4 Å². The number of esters is 4. The Morgan fingerprint density at radius 2 is 1.28 bits per heavy atom. The van der Waals surface area contributed by atoms with Gasteiger partial charge in [0.15, 0.2) is 0 Å². The van der Waals surface area contributed by atoms with Gasteiger partial charge in [-0.1, -0.05) is 13.8 Å². The van der Waals surface area contributed by atoms with Crippen molar-refractivity contribution in [2.75, 3.05) is 28.4 Å². The van der Waals surface area contributed by atoms with Crippen LogP contribution in [0.4, 0.5) is 0 Å². The molecule has 0 unspecified atom stereocenters. The lowest BCUT2D eigenvalue weighted by atomic mass is 9.47. The van der Waals surface area contributed by atoms with Gasteiger partial charge in [0, 0.05) is 5.92 Å². The summed E-state index contributed by atoms with van der Waals surface area (Å²) in [5, 5.41) is 22.6. The molecule has 29 heavy (non-hydrogen) atoms. The highest BCUT2D eigenvalue weighted by atomic mass is 16.5. The van der Waals surface area contributed by atoms with Gasteiger partial charge in [0.2, 0.25) is 0 Å². The van der Waals surface area contributed by atoms with Crippen LogP contribution in [0, 0.1) is 35.5 Å². The Balaban J connectivity index is 2.96. The number of carbonyl (C=O) groups excluding carboxylic acids is 4. The summed E-state index contributed by atoms with van der Waals surface area (Å²) in [7, 11) is 4.27. The van der Waals surface area contributed by atoms with E-state index in [-0.39, 0.29) is 5.57 Å². The third-order valence-corrected chi connectivity index (χ3v) is 6.37. The van der Waals surface area contributed by atoms with Crippen LogP contribution in [0.1, 0.15) is 13.8 Å². The van der Waals surface area contributed by atoms with Crippen molar-refractivity contribution in [1.82, 2.24) is 0 Å². The Bertz CT molecular complexity index is 756. The van der Waals surface area contributed by atoms with Gasteiger partial charge in [-0.05, 0) is 11.8 Å². The molecule has 0 aromatic heterocycles. The van der Waals surface area contributed by atoms with Crippen LogP contribution in [0.5, 0.6) is 0 Å². The largest absolute Gasteiger partial charge is 0.511 e. The van der Waals surface area contributed by atoms with Gasteiger partial charge >= 0.3 is 23.9 Å². The van der Waals surface area contributed by atoms with Gasteiger partial charge in [0.05, 0.1) is 45.8 Å². The molecule has 0 amide bonds. The molecule has 0 aliphatic heterocycles. The molecule has 2 rings (SSSR count). The number of methoxy groups -OCH3 is 4. The Morgan fingerprint density at radius 3 is 1.72 bits per heavy atom. The van der Waals surface area contributed by atoms with Gasteiger partial charge in [0.1, 0.15) is 17.3 Å². The van der Waals surface area contributed by atoms with Crippen LogP contribution >= 0.6 is 0 Å². The van der Waals surface area contributed by atoms with Gasteiger partial charge in [-0.25, -0.2) is 4.79 Å². The minimum Gasteiger partial charge on any atom is -0.511 e. The lowest BCUT2D eigenvalue weighted by Crippen LogP contribution is -2.70. The van der Waals surface area contributed by atoms with Crippen LogP contribution in [0.3, 0.4) is 0 Å². The van der Waals surface area contributed by atoms with E-state index in [0.29, 0.717) is 0 Å². The van der Waals surface area contributed by atoms with Crippen molar-refractivity contribution in [3.8, 4) is 0 Å². The fourth-order valence-corrected chi connectivity index (χ4v) is 4.93. The Morgan fingerprint density at radius 1 is 0.793 bits per heavy atom. The summed E-state index contributed by atoms with van der Waals surface area (Å²) < 4.78 is 19.1. The average molecular weight is 414 g/mol. The minimum atomic E-state index is -2.45. The second-order valence-corrected chi connectivity index (χ2v) is 7.38. The first-order valence-corrected chi connectivity index (χ1v) is 9.01. The molecule has 10 nitrogen and oxygen atoms in total. The number of aliphatic hydroxyl groups is 2. The number of hydrogen-bond acceptors (Lipinski definition) is 10. The summed E-state index contributed by atoms with van der Waals surface area (Å²) in [5.74, 6) is -11.8. The molecular weight excluding hydrogens is 388 g/mol. The highest BCUT2D eigenvalue weighted by molar-refractivity contribution is 5.95. The lowest BCUT2D eigenvalue weighted by Gasteiger charge is -2.57. The first-order chi connectivity index (χ1) is 13.5. The zero-order valence-corrected chi connectivity index (χ0v) is 17.1. The topological polar surface area (TPSA) is 146 Å². The SMILES string of the molecule is COC(=O)C1=C(O)[C@H](C(=O)OC)[C@@]2(O)[C@H](C(=O)OC)[C@H]1[C@H](C)[C@H](C)[C@@H]2C(=O)OC. The molecule has 0 heterocycles. The quantitative estimate of drug-likeness (QED) is 0.475. The predicted octanol–water partition coefficient (Wildman–Crippen LogP) is -0.0142. The maximum atomic E-state index is 12.8. The summed E-state index contributed by atoms with van der Waals surface area (Å²) in [6.07, 6.45) is 0. The Hall–Kier alpha value is -2.62. The van der Waals surface area contributed by atoms with Gasteiger partial charge in [0.25, 0.3) is 0 Å². The predicted molar refractivity (Wildman–Crippen MR) is 95.0 cm³/mol. The van der Waals surface area contributed by atoms with E-state index in [9.17, 15) is 29.4 Å². The fourth-order valence-electron chi connectivity index (χ4n) is 4.93. The second kappa shape index (κ2) is 8.02. The fraction of sp³-hybridized carbons (Fsp3) is 0.684. The molecule has 0 aromatic rings. The molecule has 7 atom stereocenters. The van der Waals surface area contributed by atoms with Crippen LogP contribution in [0.25, 0.3) is 0 Å². The normalized spacial score (nSPS) is 36.1. The summed E-state index contributed by atoms with van der Waals surface area (Å²) in [6, 6.07) is 0. The highest BCUT2D eigenvalue weighted by Gasteiger charge is 2.72. The van der Waals surface area contributed by atoms with E-state index in [1.54, 1.807) is 13.8 Å². The van der Waals surface area contributed by atoms with Crippen molar-refractivity contribution >= 4 is 23.9 Å². The molecule has 2 bridgehead atoms. The molecule has 10 heteroatoms. The molecule has 162 valence electrons. The van der Waals surface area contributed by atoms with Gasteiger partial charge in [-0.2, -0.15) is 0 Å². The van der Waals surface area contributed by atoms with Crippen molar-refractivity contribution in [2.24, 2.45) is 35.5 Å². The summed E-state index contributed by atoms with van der Waals surface area (Å²) in [5.41, 5.74) is -2.78. The number of carbonyl (C=O) groups is 4. The van der Waals surface area contributed by atoms with Gasteiger partial charge in [-0.15, -0.1) is 0 Å². The molecule has 2 N–H and O–H groups in total. The van der Waals surface area contributed by atoms with Crippen molar-refractivity contribution in [1.29, 1.82) is 0 Å². The van der Waals surface area contributed by atoms with E-state index < -0.39 is 70.7 Å². The molecule has 1 fully saturated rings. The van der Waals surface area contributed by atoms with E-state index in [1.807, 2.05) is 0 Å². The van der Waals surface area contributed by atoms with Crippen molar-refractivity contribution in [3.63, 3.8) is 0 Å². The van der Waals surface area contributed by atoms with E-state index in [4.69, 9.17) is 18.9 Å². The average Bonchev–Trinajstić information content (AvgIpc) is 2.70. The van der Waals surface area contributed by atoms with Crippen molar-refractivity contribution < 1.29 is 48.3 Å². The summed E-state index contributed by atoms with van der Waals surface area (Å²) in [4.78, 5) is 50.5. The molecule has 0 saturated heterocycles. The van der Waals surface area contributed by atoms with E-state index in [2.05, 4.69) is 0 Å². The van der Waals surface area contributed by atoms with Crippen molar-refractivity contribution in [3.05, 3.63) is 11.3 Å². The van der Waals surface area contributed by atoms with E-state index in [1.165, 1.54) is 0 Å². The molecule has 2 aliphatic carbocycles. The zero-order valence-electron chi connectivity index (χ0n) is 17.1. The second-order valence-electron chi connectivity index (χ2n) is 7.38. The number of hydrogen-bond donors (Lipinski definition) is 2. The Kier molecular flexibility index (Phi) is 6.27. The summed E-state index contributed by atoms with van der Waals surface area (Å²) in [6.45, 7) is 3.29.